The molecule has 1 aromatic carbocycles. The highest BCUT2D eigenvalue weighted by molar-refractivity contribution is 7.16. The fraction of sp³-hybridized carbons (Fsp3) is 0.176. The van der Waals surface area contributed by atoms with Gasteiger partial charge in [0.15, 0.2) is 0 Å². The Balaban J connectivity index is 2.11. The number of carboxylic acid groups (broad SMARTS) is 1. The number of ether oxygens (including phenoxy) is 1. The van der Waals surface area contributed by atoms with E-state index < -0.39 is 11.9 Å². The number of anilines is 1. The van der Waals surface area contributed by atoms with Crippen molar-refractivity contribution in [3.05, 3.63) is 51.9 Å². The van der Waals surface area contributed by atoms with E-state index in [1.165, 1.54) is 17.4 Å². The molecule has 1 amide bonds. The summed E-state index contributed by atoms with van der Waals surface area (Å²) in [6.45, 7) is 3.50. The van der Waals surface area contributed by atoms with E-state index in [0.717, 1.165) is 16.2 Å². The van der Waals surface area contributed by atoms with Crippen LogP contribution < -0.4 is 15.2 Å². The summed E-state index contributed by atoms with van der Waals surface area (Å²) in [6.07, 6.45) is 2.99. The Morgan fingerprint density at radius 2 is 1.87 bits per heavy atom. The van der Waals surface area contributed by atoms with Crippen molar-refractivity contribution in [2.24, 2.45) is 0 Å². The lowest BCUT2D eigenvalue weighted by molar-refractivity contribution is -0.254. The van der Waals surface area contributed by atoms with Gasteiger partial charge in [0.1, 0.15) is 10.8 Å². The first-order chi connectivity index (χ1) is 10.9. The van der Waals surface area contributed by atoms with Gasteiger partial charge in [-0.3, -0.25) is 4.79 Å². The van der Waals surface area contributed by atoms with E-state index >= 15 is 0 Å². The lowest BCUT2D eigenvalue weighted by Crippen LogP contribution is -2.24. The maximum absolute atomic E-state index is 12.0. The van der Waals surface area contributed by atoms with Gasteiger partial charge in [0.25, 0.3) is 0 Å². The lowest BCUT2D eigenvalue weighted by atomic mass is 10.1. The van der Waals surface area contributed by atoms with Gasteiger partial charge < -0.3 is 20.0 Å². The zero-order chi connectivity index (χ0) is 17.0. The molecule has 120 valence electrons. The number of methoxy groups -OCH3 is 1. The molecule has 1 aromatic heterocycles. The van der Waals surface area contributed by atoms with Crippen LogP contribution in [-0.4, -0.2) is 19.0 Å². The van der Waals surface area contributed by atoms with E-state index in [-0.39, 0.29) is 5.56 Å². The zero-order valence-corrected chi connectivity index (χ0v) is 13.8. The van der Waals surface area contributed by atoms with Gasteiger partial charge in [-0.25, -0.2) is 0 Å². The second-order valence-electron chi connectivity index (χ2n) is 4.87. The number of aromatic carboxylic acids is 1. The number of amides is 1. The van der Waals surface area contributed by atoms with E-state index in [9.17, 15) is 14.7 Å². The summed E-state index contributed by atoms with van der Waals surface area (Å²) in [5, 5.41) is 14.1. The summed E-state index contributed by atoms with van der Waals surface area (Å²) < 4.78 is 5.06. The molecule has 23 heavy (non-hydrogen) atoms. The van der Waals surface area contributed by atoms with Crippen LogP contribution in [0.15, 0.2) is 30.3 Å². The van der Waals surface area contributed by atoms with Crippen molar-refractivity contribution in [3.63, 3.8) is 0 Å². The van der Waals surface area contributed by atoms with Gasteiger partial charge in [-0.2, -0.15) is 0 Å². The number of rotatable bonds is 5. The Hall–Kier alpha value is -2.60. The Morgan fingerprint density at radius 1 is 1.22 bits per heavy atom. The summed E-state index contributed by atoms with van der Waals surface area (Å²) >= 11 is 1.22. The van der Waals surface area contributed by atoms with Crippen LogP contribution in [0, 0.1) is 13.8 Å². The highest BCUT2D eigenvalue weighted by atomic mass is 32.1. The summed E-state index contributed by atoms with van der Waals surface area (Å²) in [6, 6.07) is 7.21. The van der Waals surface area contributed by atoms with Gasteiger partial charge in [-0.1, -0.05) is 12.1 Å². The standard InChI is InChI=1S/C17H17NO4S/c1-10-11(2)23-16(15(10)17(20)21)18-14(19)9-6-12-4-7-13(22-3)8-5-12/h4-9H,1-3H3,(H,18,19)(H,20,21)/p-1. The van der Waals surface area contributed by atoms with Crippen molar-refractivity contribution >= 4 is 34.3 Å². The predicted molar refractivity (Wildman–Crippen MR) is 88.8 cm³/mol. The summed E-state index contributed by atoms with van der Waals surface area (Å²) in [7, 11) is 1.58. The number of carbonyl (C=O) groups excluding carboxylic acids is 2. The molecule has 0 saturated carbocycles. The number of hydrogen-bond acceptors (Lipinski definition) is 5. The third kappa shape index (κ3) is 3.98. The van der Waals surface area contributed by atoms with Crippen molar-refractivity contribution in [1.29, 1.82) is 0 Å². The molecular formula is C17H16NO4S-. The molecule has 0 unspecified atom stereocenters. The molecule has 2 rings (SSSR count). The topological polar surface area (TPSA) is 78.5 Å². The van der Waals surface area contributed by atoms with Crippen LogP contribution in [0.4, 0.5) is 5.00 Å². The fourth-order valence-corrected chi connectivity index (χ4v) is 3.05. The van der Waals surface area contributed by atoms with Crippen LogP contribution >= 0.6 is 11.3 Å². The van der Waals surface area contributed by atoms with Crippen LogP contribution in [0.1, 0.15) is 26.4 Å². The van der Waals surface area contributed by atoms with Gasteiger partial charge in [-0.15, -0.1) is 11.3 Å². The fourth-order valence-electron chi connectivity index (χ4n) is 2.00. The Labute approximate surface area is 138 Å². The van der Waals surface area contributed by atoms with Crippen molar-refractivity contribution in [3.8, 4) is 5.75 Å². The van der Waals surface area contributed by atoms with Gasteiger partial charge in [0, 0.05) is 16.5 Å². The van der Waals surface area contributed by atoms with Crippen LogP contribution in [0.2, 0.25) is 0 Å². The van der Waals surface area contributed by atoms with Crippen molar-refractivity contribution in [1.82, 2.24) is 0 Å². The maximum Gasteiger partial charge on any atom is 0.249 e. The third-order valence-corrected chi connectivity index (χ3v) is 4.49. The van der Waals surface area contributed by atoms with Crippen LogP contribution in [0.5, 0.6) is 5.75 Å². The molecule has 1 heterocycles. The minimum atomic E-state index is -1.29. The molecule has 2 aromatic rings. The quantitative estimate of drug-likeness (QED) is 0.854. The molecule has 0 atom stereocenters. The third-order valence-electron chi connectivity index (χ3n) is 3.37. The van der Waals surface area contributed by atoms with Gasteiger partial charge in [0.05, 0.1) is 13.1 Å². The molecule has 0 saturated heterocycles. The number of carboxylic acids is 1. The average molecular weight is 330 g/mol. The SMILES string of the molecule is COc1ccc(C=CC(=O)Nc2sc(C)c(C)c2C(=O)[O-])cc1. The molecule has 5 nitrogen and oxygen atoms in total. The lowest BCUT2D eigenvalue weighted by Gasteiger charge is -2.06. The Kier molecular flexibility index (Phi) is 5.18. The monoisotopic (exact) mass is 330 g/mol. The molecule has 1 N–H and O–H groups in total. The number of carbonyl (C=O) groups is 2. The van der Waals surface area contributed by atoms with E-state index in [4.69, 9.17) is 4.74 Å². The van der Waals surface area contributed by atoms with Crippen molar-refractivity contribution in [2.45, 2.75) is 13.8 Å². The molecule has 0 aliphatic heterocycles. The maximum atomic E-state index is 12.0. The predicted octanol–water partition coefficient (Wildman–Crippen LogP) is 2.39. The number of hydrogen-bond donors (Lipinski definition) is 1. The van der Waals surface area contributed by atoms with Gasteiger partial charge in [-0.05, 0) is 43.2 Å². The smallest absolute Gasteiger partial charge is 0.249 e. The van der Waals surface area contributed by atoms with Gasteiger partial charge >= 0.3 is 0 Å². The highest BCUT2D eigenvalue weighted by Gasteiger charge is 2.14. The molecule has 0 spiro atoms. The molecule has 6 heteroatoms. The number of nitrogens with one attached hydrogen (secondary N) is 1. The van der Waals surface area contributed by atoms with Crippen LogP contribution in [0.3, 0.4) is 0 Å². The molecule has 0 fully saturated rings. The second kappa shape index (κ2) is 7.11. The van der Waals surface area contributed by atoms with E-state index in [1.54, 1.807) is 39.2 Å². The molecule has 0 aliphatic rings. The van der Waals surface area contributed by atoms with Crippen LogP contribution in [-0.2, 0) is 4.79 Å². The zero-order valence-electron chi connectivity index (χ0n) is 13.0. The normalized spacial score (nSPS) is 10.7. The number of aryl methyl sites for hydroxylation is 1. The first-order valence-corrected chi connectivity index (χ1v) is 7.68. The van der Waals surface area contributed by atoms with Crippen LogP contribution in [0.25, 0.3) is 6.08 Å². The van der Waals surface area contributed by atoms with Crippen molar-refractivity contribution in [2.75, 3.05) is 12.4 Å². The van der Waals surface area contributed by atoms with Gasteiger partial charge in [0.2, 0.25) is 5.91 Å². The largest absolute Gasteiger partial charge is 0.545 e. The summed E-state index contributed by atoms with van der Waals surface area (Å²) in [5.74, 6) is -0.958. The molecular weight excluding hydrogens is 314 g/mol. The first-order valence-electron chi connectivity index (χ1n) is 6.87. The first kappa shape index (κ1) is 16.8. The van der Waals surface area contributed by atoms with Crippen molar-refractivity contribution < 1.29 is 19.4 Å². The highest BCUT2D eigenvalue weighted by Crippen LogP contribution is 2.31. The molecule has 0 radical (unpaired) electrons. The summed E-state index contributed by atoms with van der Waals surface area (Å²) in [4.78, 5) is 24.0. The second-order valence-corrected chi connectivity index (χ2v) is 6.10. The Morgan fingerprint density at radius 3 is 2.43 bits per heavy atom. The molecule has 0 aliphatic carbocycles. The minimum absolute atomic E-state index is 0.0405. The number of benzene rings is 1. The average Bonchev–Trinajstić information content (AvgIpc) is 2.80. The van der Waals surface area contributed by atoms with E-state index in [0.29, 0.717) is 10.6 Å². The Bertz CT molecular complexity index is 760. The number of thiophene rings is 1. The minimum Gasteiger partial charge on any atom is -0.545 e. The van der Waals surface area contributed by atoms with E-state index in [2.05, 4.69) is 5.32 Å². The molecule has 0 bridgehead atoms. The summed E-state index contributed by atoms with van der Waals surface area (Å²) in [5.41, 5.74) is 1.49. The van der Waals surface area contributed by atoms with E-state index in [1.807, 2.05) is 12.1 Å².